The van der Waals surface area contributed by atoms with E-state index in [-0.39, 0.29) is 18.1 Å². The fourth-order valence-electron chi connectivity index (χ4n) is 3.42. The zero-order chi connectivity index (χ0) is 20.1. The zero-order valence-corrected chi connectivity index (χ0v) is 16.0. The van der Waals surface area contributed by atoms with Gasteiger partial charge in [0.1, 0.15) is 11.6 Å². The number of hydrogen-bond donors (Lipinski definition) is 1. The standard InChI is InChI=1S/C24H22FN3O/c25-20-12-10-19(11-13-20)16-24(29)26-17-23-27-21-8-4-5-9-22(21)28(23)15-14-18-6-2-1-3-7-18/h1-13H,14-17H2,(H,26,29). The highest BCUT2D eigenvalue weighted by Gasteiger charge is 2.12. The van der Waals surface area contributed by atoms with Crippen LogP contribution in [0.2, 0.25) is 0 Å². The first-order chi connectivity index (χ1) is 14.2. The first-order valence-corrected chi connectivity index (χ1v) is 9.68. The van der Waals surface area contributed by atoms with Crippen molar-refractivity contribution in [2.24, 2.45) is 0 Å². The summed E-state index contributed by atoms with van der Waals surface area (Å²) in [7, 11) is 0. The Balaban J connectivity index is 1.47. The number of aromatic nitrogens is 2. The lowest BCUT2D eigenvalue weighted by Gasteiger charge is -2.11. The highest BCUT2D eigenvalue weighted by molar-refractivity contribution is 5.79. The molecule has 0 spiro atoms. The Bertz CT molecular complexity index is 1100. The van der Waals surface area contributed by atoms with Gasteiger partial charge in [-0.1, -0.05) is 54.6 Å². The van der Waals surface area contributed by atoms with Gasteiger partial charge in [0, 0.05) is 6.54 Å². The summed E-state index contributed by atoms with van der Waals surface area (Å²) in [5.74, 6) is 0.411. The highest BCUT2D eigenvalue weighted by atomic mass is 19.1. The van der Waals surface area contributed by atoms with Crippen molar-refractivity contribution in [1.29, 1.82) is 0 Å². The van der Waals surface area contributed by atoms with Crippen LogP contribution in [-0.2, 0) is 30.7 Å². The quantitative estimate of drug-likeness (QED) is 0.515. The van der Waals surface area contributed by atoms with Gasteiger partial charge in [0.25, 0.3) is 0 Å². The van der Waals surface area contributed by atoms with Crippen molar-refractivity contribution in [2.75, 3.05) is 0 Å². The molecule has 0 aliphatic rings. The lowest BCUT2D eigenvalue weighted by Crippen LogP contribution is -2.26. The first kappa shape index (κ1) is 18.9. The molecule has 0 saturated heterocycles. The SMILES string of the molecule is O=C(Cc1ccc(F)cc1)NCc1nc2ccccc2n1CCc1ccccc1. The van der Waals surface area contributed by atoms with E-state index in [2.05, 4.69) is 28.1 Å². The van der Waals surface area contributed by atoms with E-state index >= 15 is 0 Å². The molecule has 0 fully saturated rings. The number of nitrogens with one attached hydrogen (secondary N) is 1. The van der Waals surface area contributed by atoms with Crippen LogP contribution in [0.3, 0.4) is 0 Å². The molecule has 1 N–H and O–H groups in total. The van der Waals surface area contributed by atoms with Crippen LogP contribution < -0.4 is 5.32 Å². The van der Waals surface area contributed by atoms with Crippen LogP contribution in [0.15, 0.2) is 78.9 Å². The Morgan fingerprint density at radius 1 is 0.897 bits per heavy atom. The molecule has 0 unspecified atom stereocenters. The predicted molar refractivity (Wildman–Crippen MR) is 112 cm³/mol. The van der Waals surface area contributed by atoms with Crippen LogP contribution in [0, 0.1) is 5.82 Å². The number of carbonyl (C=O) groups excluding carboxylic acids is 1. The minimum Gasteiger partial charge on any atom is -0.349 e. The first-order valence-electron chi connectivity index (χ1n) is 9.68. The smallest absolute Gasteiger partial charge is 0.224 e. The number of nitrogens with zero attached hydrogens (tertiary/aromatic N) is 2. The molecule has 1 aromatic heterocycles. The van der Waals surface area contributed by atoms with Crippen molar-refractivity contribution in [3.63, 3.8) is 0 Å². The average Bonchev–Trinajstić information content (AvgIpc) is 3.11. The molecule has 0 saturated carbocycles. The molecule has 3 aromatic carbocycles. The van der Waals surface area contributed by atoms with E-state index in [0.29, 0.717) is 6.54 Å². The van der Waals surface area contributed by atoms with Crippen LogP contribution in [0.1, 0.15) is 17.0 Å². The second-order valence-corrected chi connectivity index (χ2v) is 6.98. The lowest BCUT2D eigenvalue weighted by atomic mass is 10.1. The summed E-state index contributed by atoms with van der Waals surface area (Å²) in [5.41, 5.74) is 4.02. The zero-order valence-electron chi connectivity index (χ0n) is 16.0. The predicted octanol–water partition coefficient (Wildman–Crippen LogP) is 4.28. The van der Waals surface area contributed by atoms with Gasteiger partial charge in [-0.3, -0.25) is 4.79 Å². The molecule has 0 aliphatic carbocycles. The van der Waals surface area contributed by atoms with Crippen molar-refractivity contribution in [2.45, 2.75) is 25.9 Å². The van der Waals surface area contributed by atoms with E-state index in [1.807, 2.05) is 36.4 Å². The van der Waals surface area contributed by atoms with Crippen molar-refractivity contribution in [1.82, 2.24) is 14.9 Å². The van der Waals surface area contributed by atoms with Crippen molar-refractivity contribution in [3.05, 3.63) is 102 Å². The lowest BCUT2D eigenvalue weighted by molar-refractivity contribution is -0.120. The van der Waals surface area contributed by atoms with Gasteiger partial charge in [-0.15, -0.1) is 0 Å². The fraction of sp³-hybridized carbons (Fsp3) is 0.167. The summed E-state index contributed by atoms with van der Waals surface area (Å²) in [6.45, 7) is 1.14. The molecule has 29 heavy (non-hydrogen) atoms. The van der Waals surface area contributed by atoms with E-state index < -0.39 is 0 Å². The number of rotatable bonds is 7. The minimum absolute atomic E-state index is 0.113. The number of hydrogen-bond acceptors (Lipinski definition) is 2. The third-order valence-corrected chi connectivity index (χ3v) is 4.92. The number of imidazole rings is 1. The Kier molecular flexibility index (Phi) is 5.66. The van der Waals surface area contributed by atoms with E-state index in [9.17, 15) is 9.18 Å². The van der Waals surface area contributed by atoms with Gasteiger partial charge in [-0.05, 0) is 41.8 Å². The summed E-state index contributed by atoms with van der Waals surface area (Å²) in [6.07, 6.45) is 1.10. The van der Waals surface area contributed by atoms with Crippen LogP contribution in [0.5, 0.6) is 0 Å². The summed E-state index contributed by atoms with van der Waals surface area (Å²) in [6, 6.07) is 24.3. The molecule has 1 amide bonds. The summed E-state index contributed by atoms with van der Waals surface area (Å²) < 4.78 is 15.2. The number of halogens is 1. The summed E-state index contributed by atoms with van der Waals surface area (Å²) in [4.78, 5) is 17.0. The van der Waals surface area contributed by atoms with Gasteiger partial charge in [-0.25, -0.2) is 9.37 Å². The number of carbonyl (C=O) groups is 1. The van der Waals surface area contributed by atoms with E-state index in [4.69, 9.17) is 4.98 Å². The molecule has 5 heteroatoms. The van der Waals surface area contributed by atoms with Crippen LogP contribution in [-0.4, -0.2) is 15.5 Å². The summed E-state index contributed by atoms with van der Waals surface area (Å²) in [5, 5.41) is 2.95. The third-order valence-electron chi connectivity index (χ3n) is 4.92. The van der Waals surface area contributed by atoms with Gasteiger partial charge in [0.2, 0.25) is 5.91 Å². The Labute approximate surface area is 169 Å². The summed E-state index contributed by atoms with van der Waals surface area (Å²) >= 11 is 0. The molecule has 0 bridgehead atoms. The third kappa shape index (κ3) is 4.69. The molecule has 1 heterocycles. The number of fused-ring (bicyclic) bond motifs is 1. The second kappa shape index (κ2) is 8.69. The highest BCUT2D eigenvalue weighted by Crippen LogP contribution is 2.17. The second-order valence-electron chi connectivity index (χ2n) is 6.98. The Morgan fingerprint density at radius 2 is 1.62 bits per heavy atom. The molecular weight excluding hydrogens is 365 g/mol. The minimum atomic E-state index is -0.304. The average molecular weight is 387 g/mol. The van der Waals surface area contributed by atoms with E-state index in [1.165, 1.54) is 17.7 Å². The normalized spacial score (nSPS) is 10.9. The van der Waals surface area contributed by atoms with Gasteiger partial charge >= 0.3 is 0 Å². The molecule has 0 atom stereocenters. The largest absolute Gasteiger partial charge is 0.349 e. The van der Waals surface area contributed by atoms with Gasteiger partial charge in [-0.2, -0.15) is 0 Å². The molecule has 0 radical (unpaired) electrons. The number of aryl methyl sites for hydroxylation is 2. The number of amides is 1. The van der Waals surface area contributed by atoms with Crippen molar-refractivity contribution >= 4 is 16.9 Å². The molecule has 4 aromatic rings. The van der Waals surface area contributed by atoms with Crippen LogP contribution in [0.25, 0.3) is 11.0 Å². The maximum Gasteiger partial charge on any atom is 0.224 e. The van der Waals surface area contributed by atoms with Gasteiger partial charge < -0.3 is 9.88 Å². The number of benzene rings is 3. The molecule has 0 aliphatic heterocycles. The van der Waals surface area contributed by atoms with Crippen molar-refractivity contribution in [3.8, 4) is 0 Å². The Hall–Kier alpha value is -3.47. The van der Waals surface area contributed by atoms with Gasteiger partial charge in [0.15, 0.2) is 0 Å². The maximum absolute atomic E-state index is 13.0. The van der Waals surface area contributed by atoms with Crippen LogP contribution >= 0.6 is 0 Å². The molecule has 146 valence electrons. The van der Waals surface area contributed by atoms with E-state index in [0.717, 1.165) is 35.4 Å². The maximum atomic E-state index is 13.0. The topological polar surface area (TPSA) is 46.9 Å². The van der Waals surface area contributed by atoms with Gasteiger partial charge in [0.05, 0.1) is 24.0 Å². The fourth-order valence-corrected chi connectivity index (χ4v) is 3.42. The van der Waals surface area contributed by atoms with Crippen LogP contribution in [0.4, 0.5) is 4.39 Å². The molecule has 4 rings (SSSR count). The molecular formula is C24H22FN3O. The monoisotopic (exact) mass is 387 g/mol. The Morgan fingerprint density at radius 3 is 2.41 bits per heavy atom. The number of para-hydroxylation sites is 2. The van der Waals surface area contributed by atoms with Crippen molar-refractivity contribution < 1.29 is 9.18 Å². The molecule has 4 nitrogen and oxygen atoms in total. The van der Waals surface area contributed by atoms with E-state index in [1.54, 1.807) is 12.1 Å².